The van der Waals surface area contributed by atoms with Crippen molar-refractivity contribution >= 4 is 11.1 Å². The molecule has 0 nitrogen and oxygen atoms in total. The Morgan fingerprint density at radius 2 is 1.72 bits per heavy atom. The lowest BCUT2D eigenvalue weighted by Gasteiger charge is -2.34. The van der Waals surface area contributed by atoms with Gasteiger partial charge in [-0.25, -0.2) is 0 Å². The van der Waals surface area contributed by atoms with Crippen LogP contribution in [0.5, 0.6) is 0 Å². The molecule has 0 heteroatoms. The summed E-state index contributed by atoms with van der Waals surface area (Å²) in [6.07, 6.45) is 13.5. The number of aryl methyl sites for hydroxylation is 1. The average molecular weight is 511 g/mol. The van der Waals surface area contributed by atoms with Crippen molar-refractivity contribution in [1.29, 1.82) is 0 Å². The molecule has 0 saturated heterocycles. The molecule has 39 heavy (non-hydrogen) atoms. The van der Waals surface area contributed by atoms with Crippen LogP contribution in [-0.4, -0.2) is 0 Å². The SMILES string of the molecule is C=C(CCC)C1=C(C)C=C2CC(=CC3=CC=C(c4cc(C)c(C)c(C(=C)C)c4)C3)C(=C)C2C1c1ccccc1. The second-order valence-corrected chi connectivity index (χ2v) is 11.8. The summed E-state index contributed by atoms with van der Waals surface area (Å²) in [7, 11) is 0. The van der Waals surface area contributed by atoms with E-state index in [9.17, 15) is 0 Å². The highest BCUT2D eigenvalue weighted by Crippen LogP contribution is 2.55. The van der Waals surface area contributed by atoms with Gasteiger partial charge in [0.1, 0.15) is 0 Å². The summed E-state index contributed by atoms with van der Waals surface area (Å²) in [5.74, 6) is 0.587. The largest absolute Gasteiger partial charge is 0.0955 e. The lowest BCUT2D eigenvalue weighted by molar-refractivity contribution is 0.619. The van der Waals surface area contributed by atoms with Crippen LogP contribution in [0.3, 0.4) is 0 Å². The van der Waals surface area contributed by atoms with Crippen LogP contribution in [0.1, 0.15) is 80.2 Å². The summed E-state index contributed by atoms with van der Waals surface area (Å²) in [4.78, 5) is 0. The van der Waals surface area contributed by atoms with Gasteiger partial charge in [-0.3, -0.25) is 0 Å². The maximum atomic E-state index is 4.72. The summed E-state index contributed by atoms with van der Waals surface area (Å²) in [5.41, 5.74) is 18.7. The second kappa shape index (κ2) is 10.9. The lowest BCUT2D eigenvalue weighted by atomic mass is 9.69. The third-order valence-corrected chi connectivity index (χ3v) is 8.90. The van der Waals surface area contributed by atoms with Crippen LogP contribution in [0.15, 0.2) is 126 Å². The lowest BCUT2D eigenvalue weighted by Crippen LogP contribution is -2.21. The quantitative estimate of drug-likeness (QED) is 0.347. The minimum atomic E-state index is 0.283. The zero-order valence-electron chi connectivity index (χ0n) is 24.5. The molecule has 2 atom stereocenters. The van der Waals surface area contributed by atoms with Gasteiger partial charge in [0.15, 0.2) is 0 Å². The summed E-state index contributed by atoms with van der Waals surface area (Å²) < 4.78 is 0. The third-order valence-electron chi connectivity index (χ3n) is 8.90. The molecule has 3 aliphatic rings. The van der Waals surface area contributed by atoms with Gasteiger partial charge < -0.3 is 0 Å². The van der Waals surface area contributed by atoms with Gasteiger partial charge in [-0.15, -0.1) is 0 Å². The van der Waals surface area contributed by atoms with Crippen molar-refractivity contribution in [1.82, 2.24) is 0 Å². The van der Waals surface area contributed by atoms with Gasteiger partial charge >= 0.3 is 0 Å². The van der Waals surface area contributed by atoms with E-state index in [1.165, 1.54) is 72.4 Å². The Kier molecular flexibility index (Phi) is 7.50. The third kappa shape index (κ3) is 5.06. The van der Waals surface area contributed by atoms with E-state index in [1.807, 2.05) is 0 Å². The molecule has 2 unspecified atom stereocenters. The van der Waals surface area contributed by atoms with Crippen molar-refractivity contribution in [2.24, 2.45) is 5.92 Å². The van der Waals surface area contributed by atoms with Crippen molar-refractivity contribution in [3.05, 3.63) is 153 Å². The van der Waals surface area contributed by atoms with Crippen molar-refractivity contribution in [2.45, 2.75) is 66.2 Å². The summed E-state index contributed by atoms with van der Waals surface area (Å²) in [5, 5.41) is 0. The molecule has 0 aromatic heterocycles. The molecule has 2 aromatic rings. The summed E-state index contributed by atoms with van der Waals surface area (Å²) in [6, 6.07) is 15.7. The first-order chi connectivity index (χ1) is 18.7. The standard InChI is InChI=1S/C39H42/c1-9-13-25(4)37-27(6)19-35-22-33(29(8)38(35)39(37)31-14-11-10-12-15-31)21-30-16-17-32(20-30)34-18-26(5)28(7)36(23-34)24(2)3/h10-12,14-19,21,23,38-39H,2,4,8-9,13,20,22H2,1,3,5-7H3. The van der Waals surface area contributed by atoms with Crippen molar-refractivity contribution < 1.29 is 0 Å². The minimum Gasteiger partial charge on any atom is -0.0955 e. The van der Waals surface area contributed by atoms with Crippen molar-refractivity contribution in [2.75, 3.05) is 0 Å². The van der Waals surface area contributed by atoms with Crippen LogP contribution >= 0.6 is 0 Å². The number of benzene rings is 2. The van der Waals surface area contributed by atoms with Gasteiger partial charge in [0.2, 0.25) is 0 Å². The van der Waals surface area contributed by atoms with Crippen LogP contribution in [0, 0.1) is 19.8 Å². The van der Waals surface area contributed by atoms with E-state index >= 15 is 0 Å². The van der Waals surface area contributed by atoms with Gasteiger partial charge in [0.05, 0.1) is 0 Å². The van der Waals surface area contributed by atoms with E-state index in [1.54, 1.807) is 0 Å². The molecule has 1 saturated carbocycles. The van der Waals surface area contributed by atoms with Crippen molar-refractivity contribution in [3.63, 3.8) is 0 Å². The molecule has 3 aliphatic carbocycles. The number of hydrogen-bond acceptors (Lipinski definition) is 0. The second-order valence-electron chi connectivity index (χ2n) is 11.8. The number of hydrogen-bond donors (Lipinski definition) is 0. The van der Waals surface area contributed by atoms with Crippen LogP contribution in [0.4, 0.5) is 0 Å². The molecule has 0 radical (unpaired) electrons. The van der Waals surface area contributed by atoms with E-state index < -0.39 is 0 Å². The topological polar surface area (TPSA) is 0 Å². The van der Waals surface area contributed by atoms with Crippen molar-refractivity contribution in [3.8, 4) is 0 Å². The summed E-state index contributed by atoms with van der Waals surface area (Å²) >= 11 is 0. The Bertz CT molecular complexity index is 1520. The number of rotatable bonds is 7. The molecule has 5 rings (SSSR count). The molecular weight excluding hydrogens is 468 g/mol. The van der Waals surface area contributed by atoms with E-state index in [-0.39, 0.29) is 5.92 Å². The fourth-order valence-electron chi connectivity index (χ4n) is 6.84. The Morgan fingerprint density at radius 3 is 2.41 bits per heavy atom. The molecule has 0 aliphatic heterocycles. The maximum Gasteiger partial charge on any atom is 0.0201 e. The number of fused-ring (bicyclic) bond motifs is 1. The predicted octanol–water partition coefficient (Wildman–Crippen LogP) is 10.9. The van der Waals surface area contributed by atoms with Crippen LogP contribution < -0.4 is 0 Å². The van der Waals surface area contributed by atoms with Gasteiger partial charge in [0.25, 0.3) is 0 Å². The first-order valence-electron chi connectivity index (χ1n) is 14.4. The Labute approximate surface area is 236 Å². The minimum absolute atomic E-state index is 0.283. The molecule has 0 N–H and O–H groups in total. The molecule has 0 spiro atoms. The number of allylic oxidation sites excluding steroid dienone is 13. The molecule has 1 fully saturated rings. The highest BCUT2D eigenvalue weighted by atomic mass is 14.4. The first kappa shape index (κ1) is 26.9. The highest BCUT2D eigenvalue weighted by molar-refractivity contribution is 5.78. The zero-order chi connectivity index (χ0) is 27.8. The average Bonchev–Trinajstić information content (AvgIpc) is 3.49. The van der Waals surface area contributed by atoms with Gasteiger partial charge in [-0.2, -0.15) is 0 Å². The monoisotopic (exact) mass is 510 g/mol. The molecule has 0 amide bonds. The Morgan fingerprint density at radius 1 is 0.974 bits per heavy atom. The van der Waals surface area contributed by atoms with E-state index in [0.717, 1.165) is 31.3 Å². The van der Waals surface area contributed by atoms with Crippen LogP contribution in [0.2, 0.25) is 0 Å². The van der Waals surface area contributed by atoms with Crippen LogP contribution in [-0.2, 0) is 0 Å². The smallest absolute Gasteiger partial charge is 0.0201 e. The van der Waals surface area contributed by atoms with E-state index in [2.05, 4.69) is 115 Å². The summed E-state index contributed by atoms with van der Waals surface area (Å²) in [6.45, 7) is 24.5. The van der Waals surface area contributed by atoms with E-state index in [4.69, 9.17) is 6.58 Å². The molecule has 198 valence electrons. The van der Waals surface area contributed by atoms with Gasteiger partial charge in [-0.1, -0.05) is 111 Å². The molecule has 0 heterocycles. The maximum absolute atomic E-state index is 4.72. The normalized spacial score (nSPS) is 21.6. The fourth-order valence-corrected chi connectivity index (χ4v) is 6.84. The fraction of sp³-hybridized carbons (Fsp3) is 0.282. The first-order valence-corrected chi connectivity index (χ1v) is 14.4. The zero-order valence-corrected chi connectivity index (χ0v) is 24.5. The Balaban J connectivity index is 1.43. The highest BCUT2D eigenvalue weighted by Gasteiger charge is 2.40. The van der Waals surface area contributed by atoms with E-state index in [0.29, 0.717) is 5.92 Å². The molecule has 0 bridgehead atoms. The predicted molar refractivity (Wildman–Crippen MR) is 171 cm³/mol. The Hall–Kier alpha value is -3.64. The van der Waals surface area contributed by atoms with Gasteiger partial charge in [0, 0.05) is 11.8 Å². The molecule has 2 aromatic carbocycles. The van der Waals surface area contributed by atoms with Gasteiger partial charge in [-0.05, 0) is 114 Å². The molecular formula is C39H42. The van der Waals surface area contributed by atoms with Crippen LogP contribution in [0.25, 0.3) is 11.1 Å².